The summed E-state index contributed by atoms with van der Waals surface area (Å²) in [6.45, 7) is 5.75. The number of rotatable bonds is 6. The molecule has 0 spiro atoms. The first-order valence-electron chi connectivity index (χ1n) is 5.32. The van der Waals surface area contributed by atoms with Crippen LogP contribution in [0.3, 0.4) is 0 Å². The highest BCUT2D eigenvalue weighted by molar-refractivity contribution is 4.70. The standard InChI is InChI=1S/C10H22N2O2/c1-12-5-7-14-10(9-12)8-11-4-3-6-13-2/h10-11H,3-9H2,1-2H3/t10-/m1/s1. The summed E-state index contributed by atoms with van der Waals surface area (Å²) in [5, 5.41) is 3.38. The third-order valence-electron chi connectivity index (χ3n) is 2.42. The van der Waals surface area contributed by atoms with Gasteiger partial charge in [0.2, 0.25) is 0 Å². The van der Waals surface area contributed by atoms with E-state index in [1.807, 2.05) is 0 Å². The average molecular weight is 202 g/mol. The maximum Gasteiger partial charge on any atom is 0.0826 e. The lowest BCUT2D eigenvalue weighted by atomic mass is 10.3. The third-order valence-corrected chi connectivity index (χ3v) is 2.42. The zero-order valence-electron chi connectivity index (χ0n) is 9.29. The van der Waals surface area contributed by atoms with Crippen molar-refractivity contribution in [2.75, 3.05) is 53.6 Å². The van der Waals surface area contributed by atoms with Crippen LogP contribution < -0.4 is 5.32 Å². The molecule has 0 radical (unpaired) electrons. The number of methoxy groups -OCH3 is 1. The van der Waals surface area contributed by atoms with Crippen molar-refractivity contribution in [1.82, 2.24) is 10.2 Å². The molecule has 1 aliphatic rings. The predicted molar refractivity (Wildman–Crippen MR) is 56.6 cm³/mol. The molecule has 1 rings (SSSR count). The fourth-order valence-corrected chi connectivity index (χ4v) is 1.59. The molecule has 1 aliphatic heterocycles. The molecule has 0 aliphatic carbocycles. The first-order valence-corrected chi connectivity index (χ1v) is 5.32. The zero-order valence-corrected chi connectivity index (χ0v) is 9.29. The molecule has 4 heteroatoms. The van der Waals surface area contributed by atoms with Gasteiger partial charge in [-0.25, -0.2) is 0 Å². The quantitative estimate of drug-likeness (QED) is 0.612. The van der Waals surface area contributed by atoms with E-state index in [4.69, 9.17) is 9.47 Å². The molecule has 4 nitrogen and oxygen atoms in total. The highest BCUT2D eigenvalue weighted by atomic mass is 16.5. The van der Waals surface area contributed by atoms with Gasteiger partial charge in [-0.2, -0.15) is 0 Å². The Morgan fingerprint density at radius 3 is 3.14 bits per heavy atom. The summed E-state index contributed by atoms with van der Waals surface area (Å²) in [6, 6.07) is 0. The third kappa shape index (κ3) is 4.91. The molecule has 0 aromatic rings. The van der Waals surface area contributed by atoms with Gasteiger partial charge in [-0.15, -0.1) is 0 Å². The van der Waals surface area contributed by atoms with E-state index in [0.29, 0.717) is 6.10 Å². The van der Waals surface area contributed by atoms with Crippen LogP contribution >= 0.6 is 0 Å². The molecular weight excluding hydrogens is 180 g/mol. The Hall–Kier alpha value is -0.160. The largest absolute Gasteiger partial charge is 0.385 e. The topological polar surface area (TPSA) is 33.7 Å². The van der Waals surface area contributed by atoms with E-state index in [9.17, 15) is 0 Å². The second kappa shape index (κ2) is 7.17. The van der Waals surface area contributed by atoms with Crippen LogP contribution in [0, 0.1) is 0 Å². The summed E-state index contributed by atoms with van der Waals surface area (Å²) in [5.74, 6) is 0. The van der Waals surface area contributed by atoms with Crippen LogP contribution in [0.5, 0.6) is 0 Å². The number of nitrogens with zero attached hydrogens (tertiary/aromatic N) is 1. The Morgan fingerprint density at radius 1 is 1.57 bits per heavy atom. The SMILES string of the molecule is COCCCNC[C@@H]1CN(C)CCO1. The van der Waals surface area contributed by atoms with Crippen molar-refractivity contribution in [2.45, 2.75) is 12.5 Å². The molecular formula is C10H22N2O2. The predicted octanol–water partition coefficient (Wildman–Crippen LogP) is -0.0569. The fourth-order valence-electron chi connectivity index (χ4n) is 1.59. The van der Waals surface area contributed by atoms with Crippen molar-refractivity contribution in [2.24, 2.45) is 0 Å². The van der Waals surface area contributed by atoms with Gasteiger partial charge in [0, 0.05) is 33.4 Å². The van der Waals surface area contributed by atoms with Crippen LogP contribution in [0.4, 0.5) is 0 Å². The average Bonchev–Trinajstić information content (AvgIpc) is 2.18. The number of hydrogen-bond donors (Lipinski definition) is 1. The summed E-state index contributed by atoms with van der Waals surface area (Å²) in [7, 11) is 3.87. The maximum atomic E-state index is 5.62. The molecule has 0 unspecified atom stereocenters. The van der Waals surface area contributed by atoms with Gasteiger partial charge in [0.25, 0.3) is 0 Å². The fraction of sp³-hybridized carbons (Fsp3) is 1.00. The van der Waals surface area contributed by atoms with Crippen molar-refractivity contribution in [3.63, 3.8) is 0 Å². The van der Waals surface area contributed by atoms with Gasteiger partial charge < -0.3 is 19.7 Å². The Labute approximate surface area is 86.6 Å². The molecule has 0 bridgehead atoms. The molecule has 1 atom stereocenters. The molecule has 14 heavy (non-hydrogen) atoms. The van der Waals surface area contributed by atoms with Crippen LogP contribution in [0.15, 0.2) is 0 Å². The second-order valence-corrected chi connectivity index (χ2v) is 3.81. The minimum atomic E-state index is 0.358. The van der Waals surface area contributed by atoms with E-state index in [0.717, 1.165) is 45.8 Å². The summed E-state index contributed by atoms with van der Waals surface area (Å²) < 4.78 is 10.6. The molecule has 1 saturated heterocycles. The minimum Gasteiger partial charge on any atom is -0.385 e. The summed E-state index contributed by atoms with van der Waals surface area (Å²) in [5.41, 5.74) is 0. The normalized spacial score (nSPS) is 24.0. The van der Waals surface area contributed by atoms with Gasteiger partial charge in [0.05, 0.1) is 12.7 Å². The second-order valence-electron chi connectivity index (χ2n) is 3.81. The smallest absolute Gasteiger partial charge is 0.0826 e. The van der Waals surface area contributed by atoms with Crippen molar-refractivity contribution >= 4 is 0 Å². The van der Waals surface area contributed by atoms with Crippen LogP contribution in [-0.4, -0.2) is 64.6 Å². The Kier molecular flexibility index (Phi) is 6.10. The van der Waals surface area contributed by atoms with E-state index < -0.39 is 0 Å². The molecule has 84 valence electrons. The van der Waals surface area contributed by atoms with Gasteiger partial charge in [0.1, 0.15) is 0 Å². The Bertz CT molecular complexity index is 144. The molecule has 0 saturated carbocycles. The van der Waals surface area contributed by atoms with Crippen molar-refractivity contribution in [3.8, 4) is 0 Å². The van der Waals surface area contributed by atoms with Crippen LogP contribution in [0.25, 0.3) is 0 Å². The van der Waals surface area contributed by atoms with Gasteiger partial charge >= 0.3 is 0 Å². The molecule has 0 aromatic carbocycles. The lowest BCUT2D eigenvalue weighted by Crippen LogP contribution is -2.45. The Morgan fingerprint density at radius 2 is 2.43 bits per heavy atom. The maximum absolute atomic E-state index is 5.62. The first kappa shape index (κ1) is 11.9. The number of ether oxygens (including phenoxy) is 2. The van der Waals surface area contributed by atoms with Gasteiger partial charge in [0.15, 0.2) is 0 Å². The van der Waals surface area contributed by atoms with E-state index >= 15 is 0 Å². The van der Waals surface area contributed by atoms with E-state index in [2.05, 4.69) is 17.3 Å². The summed E-state index contributed by atoms with van der Waals surface area (Å²) in [4.78, 5) is 2.31. The first-order chi connectivity index (χ1) is 6.83. The van der Waals surface area contributed by atoms with Crippen molar-refractivity contribution in [1.29, 1.82) is 0 Å². The minimum absolute atomic E-state index is 0.358. The van der Waals surface area contributed by atoms with Crippen molar-refractivity contribution < 1.29 is 9.47 Å². The molecule has 1 fully saturated rings. The Balaban J connectivity index is 1.95. The van der Waals surface area contributed by atoms with E-state index in [1.54, 1.807) is 7.11 Å². The van der Waals surface area contributed by atoms with Crippen LogP contribution in [0.1, 0.15) is 6.42 Å². The van der Waals surface area contributed by atoms with Crippen LogP contribution in [0.2, 0.25) is 0 Å². The lowest BCUT2D eigenvalue weighted by molar-refractivity contribution is -0.0181. The summed E-state index contributed by atoms with van der Waals surface area (Å²) in [6.07, 6.45) is 1.43. The van der Waals surface area contributed by atoms with Gasteiger partial charge in [-0.3, -0.25) is 0 Å². The highest BCUT2D eigenvalue weighted by Crippen LogP contribution is 2.01. The van der Waals surface area contributed by atoms with Gasteiger partial charge in [-0.05, 0) is 20.0 Å². The lowest BCUT2D eigenvalue weighted by Gasteiger charge is -2.30. The number of hydrogen-bond acceptors (Lipinski definition) is 4. The molecule has 0 amide bonds. The van der Waals surface area contributed by atoms with Crippen LogP contribution in [-0.2, 0) is 9.47 Å². The van der Waals surface area contributed by atoms with E-state index in [1.165, 1.54) is 0 Å². The molecule has 1 heterocycles. The highest BCUT2D eigenvalue weighted by Gasteiger charge is 2.16. The molecule has 1 N–H and O–H groups in total. The van der Waals surface area contributed by atoms with Gasteiger partial charge in [-0.1, -0.05) is 0 Å². The zero-order chi connectivity index (χ0) is 10.2. The van der Waals surface area contributed by atoms with Crippen molar-refractivity contribution in [3.05, 3.63) is 0 Å². The van der Waals surface area contributed by atoms with E-state index in [-0.39, 0.29) is 0 Å². The number of nitrogens with one attached hydrogen (secondary N) is 1. The summed E-state index contributed by atoms with van der Waals surface area (Å²) >= 11 is 0. The number of morpholine rings is 1. The monoisotopic (exact) mass is 202 g/mol. The molecule has 0 aromatic heterocycles. The number of likely N-dealkylation sites (N-methyl/N-ethyl adjacent to an activating group) is 1.